The number of aliphatic imine (C=N–C) groups is 1. The molecule has 2 N–H and O–H groups in total. The number of hydrogen-bond acceptors (Lipinski definition) is 7. The number of nitrogens with zero attached hydrogens (tertiary/aromatic N) is 1. The van der Waals surface area contributed by atoms with E-state index in [-0.39, 0.29) is 18.3 Å². The molecule has 1 aromatic rings. The second-order valence-corrected chi connectivity index (χ2v) is 6.45. The molecule has 8 nitrogen and oxygen atoms in total. The summed E-state index contributed by atoms with van der Waals surface area (Å²) in [5, 5.41) is 19.6. The van der Waals surface area contributed by atoms with E-state index in [4.69, 9.17) is 18.9 Å². The van der Waals surface area contributed by atoms with E-state index in [0.29, 0.717) is 37.7 Å². The first-order valence-electron chi connectivity index (χ1n) is 8.96. The number of carbonyl (C=O) groups is 1. The molecule has 0 fully saturated rings. The van der Waals surface area contributed by atoms with Crippen molar-refractivity contribution < 1.29 is 34.0 Å². The van der Waals surface area contributed by atoms with Gasteiger partial charge in [0.25, 0.3) is 0 Å². The SMILES string of the molecule is COCCOCCCCCOc1cccc(C2=N[C@@](C)(C(=O)O)CO2)c1O. The zero-order valence-corrected chi connectivity index (χ0v) is 15.8. The smallest absolute Gasteiger partial charge is 0.335 e. The van der Waals surface area contributed by atoms with E-state index in [1.54, 1.807) is 25.3 Å². The first kappa shape index (κ1) is 21.0. The predicted molar refractivity (Wildman–Crippen MR) is 98.7 cm³/mol. The van der Waals surface area contributed by atoms with Gasteiger partial charge in [-0.15, -0.1) is 0 Å². The molecule has 0 radical (unpaired) electrons. The van der Waals surface area contributed by atoms with Crippen molar-refractivity contribution in [2.24, 2.45) is 4.99 Å². The van der Waals surface area contributed by atoms with Crippen molar-refractivity contribution in [3.05, 3.63) is 23.8 Å². The van der Waals surface area contributed by atoms with Crippen LogP contribution in [0, 0.1) is 0 Å². The highest BCUT2D eigenvalue weighted by atomic mass is 16.5. The summed E-state index contributed by atoms with van der Waals surface area (Å²) < 4.78 is 21.3. The number of para-hydroxylation sites is 1. The molecule has 0 amide bonds. The van der Waals surface area contributed by atoms with Crippen molar-refractivity contribution >= 4 is 11.9 Å². The number of rotatable bonds is 12. The molecule has 8 heteroatoms. The van der Waals surface area contributed by atoms with E-state index in [2.05, 4.69) is 4.99 Å². The molecule has 1 aliphatic rings. The number of aromatic hydroxyl groups is 1. The number of unbranched alkanes of at least 4 members (excludes halogenated alkanes) is 2. The van der Waals surface area contributed by atoms with Gasteiger partial charge in [-0.2, -0.15) is 0 Å². The number of benzene rings is 1. The Morgan fingerprint density at radius 1 is 1.22 bits per heavy atom. The quantitative estimate of drug-likeness (QED) is 0.535. The molecule has 150 valence electrons. The number of phenolic OH excluding ortho intramolecular Hbond substituents is 1. The van der Waals surface area contributed by atoms with Gasteiger partial charge in [-0.05, 0) is 38.3 Å². The van der Waals surface area contributed by atoms with Crippen LogP contribution in [0.3, 0.4) is 0 Å². The molecule has 0 aliphatic carbocycles. The number of carboxylic acids is 1. The Hall–Kier alpha value is -2.32. The zero-order valence-electron chi connectivity index (χ0n) is 15.8. The minimum absolute atomic E-state index is 0.0748. The van der Waals surface area contributed by atoms with Crippen LogP contribution in [0.4, 0.5) is 0 Å². The van der Waals surface area contributed by atoms with Crippen molar-refractivity contribution in [1.29, 1.82) is 0 Å². The van der Waals surface area contributed by atoms with Gasteiger partial charge in [-0.3, -0.25) is 0 Å². The number of carboxylic acid groups (broad SMARTS) is 1. The number of aliphatic carboxylic acids is 1. The summed E-state index contributed by atoms with van der Waals surface area (Å²) in [5.41, 5.74) is -1.02. The van der Waals surface area contributed by atoms with Gasteiger partial charge in [0, 0.05) is 13.7 Å². The molecule has 1 heterocycles. The molecule has 1 atom stereocenters. The highest BCUT2D eigenvalue weighted by Gasteiger charge is 2.40. The summed E-state index contributed by atoms with van der Waals surface area (Å²) in [4.78, 5) is 15.4. The van der Waals surface area contributed by atoms with Crippen molar-refractivity contribution in [3.8, 4) is 11.5 Å². The van der Waals surface area contributed by atoms with E-state index < -0.39 is 11.5 Å². The Bertz CT molecular complexity index is 661. The van der Waals surface area contributed by atoms with Crippen molar-refractivity contribution in [2.45, 2.75) is 31.7 Å². The third-order valence-corrected chi connectivity index (χ3v) is 4.15. The molecule has 2 rings (SSSR count). The topological polar surface area (TPSA) is 107 Å². The fourth-order valence-corrected chi connectivity index (χ4v) is 2.47. The monoisotopic (exact) mass is 381 g/mol. The Kier molecular flexibility index (Phi) is 7.87. The Morgan fingerprint density at radius 2 is 2.00 bits per heavy atom. The van der Waals surface area contributed by atoms with E-state index in [9.17, 15) is 15.0 Å². The minimum Gasteiger partial charge on any atom is -0.504 e. The molecule has 0 saturated heterocycles. The van der Waals surface area contributed by atoms with Crippen LogP contribution in [0.5, 0.6) is 11.5 Å². The normalized spacial score (nSPS) is 18.8. The molecule has 0 aromatic heterocycles. The average Bonchev–Trinajstić information content (AvgIpc) is 3.05. The van der Waals surface area contributed by atoms with Crippen LogP contribution >= 0.6 is 0 Å². The Labute approximate surface area is 158 Å². The molecule has 0 bridgehead atoms. The summed E-state index contributed by atoms with van der Waals surface area (Å²) in [6, 6.07) is 4.97. The van der Waals surface area contributed by atoms with Gasteiger partial charge in [0.2, 0.25) is 5.90 Å². The molecule has 1 aromatic carbocycles. The minimum atomic E-state index is -1.34. The van der Waals surface area contributed by atoms with Gasteiger partial charge in [0.05, 0.1) is 25.4 Å². The van der Waals surface area contributed by atoms with Crippen LogP contribution in [-0.4, -0.2) is 67.8 Å². The van der Waals surface area contributed by atoms with Crippen molar-refractivity contribution in [3.63, 3.8) is 0 Å². The summed E-state index contributed by atoms with van der Waals surface area (Å²) in [6.45, 7) is 3.73. The largest absolute Gasteiger partial charge is 0.504 e. The van der Waals surface area contributed by atoms with Gasteiger partial charge in [0.1, 0.15) is 6.61 Å². The molecular formula is C19H27NO7. The molecular weight excluding hydrogens is 354 g/mol. The van der Waals surface area contributed by atoms with Gasteiger partial charge in [0.15, 0.2) is 17.0 Å². The average molecular weight is 381 g/mol. The highest BCUT2D eigenvalue weighted by Crippen LogP contribution is 2.33. The third kappa shape index (κ3) is 5.83. The maximum atomic E-state index is 11.3. The summed E-state index contributed by atoms with van der Waals surface area (Å²) in [5.74, 6) is -0.750. The van der Waals surface area contributed by atoms with Gasteiger partial charge < -0.3 is 29.2 Å². The summed E-state index contributed by atoms with van der Waals surface area (Å²) in [7, 11) is 1.64. The molecule has 0 unspecified atom stereocenters. The van der Waals surface area contributed by atoms with Crippen LogP contribution < -0.4 is 4.74 Å². The lowest BCUT2D eigenvalue weighted by Gasteiger charge is -2.11. The van der Waals surface area contributed by atoms with Crippen LogP contribution in [0.25, 0.3) is 0 Å². The number of methoxy groups -OCH3 is 1. The number of hydrogen-bond donors (Lipinski definition) is 2. The van der Waals surface area contributed by atoms with Crippen LogP contribution in [-0.2, 0) is 19.0 Å². The molecule has 1 aliphatic heterocycles. The first-order chi connectivity index (χ1) is 13.0. The van der Waals surface area contributed by atoms with Crippen LogP contribution in [0.1, 0.15) is 31.7 Å². The van der Waals surface area contributed by atoms with Gasteiger partial charge in [-0.25, -0.2) is 9.79 Å². The maximum absolute atomic E-state index is 11.3. The van der Waals surface area contributed by atoms with Gasteiger partial charge in [-0.1, -0.05) is 6.07 Å². The van der Waals surface area contributed by atoms with Crippen molar-refractivity contribution in [1.82, 2.24) is 0 Å². The third-order valence-electron chi connectivity index (χ3n) is 4.15. The number of phenols is 1. The zero-order chi connectivity index (χ0) is 19.7. The second-order valence-electron chi connectivity index (χ2n) is 6.45. The Morgan fingerprint density at radius 3 is 2.70 bits per heavy atom. The fraction of sp³-hybridized carbons (Fsp3) is 0.579. The van der Waals surface area contributed by atoms with E-state index in [0.717, 1.165) is 19.3 Å². The lowest BCUT2D eigenvalue weighted by atomic mass is 10.1. The standard InChI is InChI=1S/C19H27NO7/c1-19(18(22)23)13-27-17(20-19)14-7-6-8-15(16(14)21)26-10-5-3-4-9-25-12-11-24-2/h6-8,21H,3-5,9-13H2,1-2H3,(H,22,23)/t19-/m1/s1. The van der Waals surface area contributed by atoms with Gasteiger partial charge >= 0.3 is 5.97 Å². The predicted octanol–water partition coefficient (Wildman–Crippen LogP) is 2.22. The van der Waals surface area contributed by atoms with E-state index >= 15 is 0 Å². The second kappa shape index (κ2) is 10.1. The Balaban J connectivity index is 1.83. The van der Waals surface area contributed by atoms with E-state index in [1.807, 2.05) is 0 Å². The fourth-order valence-electron chi connectivity index (χ4n) is 2.47. The van der Waals surface area contributed by atoms with Crippen molar-refractivity contribution in [2.75, 3.05) is 40.1 Å². The molecule has 0 spiro atoms. The summed E-state index contributed by atoms with van der Waals surface area (Å²) in [6.07, 6.45) is 2.70. The maximum Gasteiger partial charge on any atom is 0.335 e. The van der Waals surface area contributed by atoms with Crippen LogP contribution in [0.2, 0.25) is 0 Å². The van der Waals surface area contributed by atoms with E-state index in [1.165, 1.54) is 6.92 Å². The number of ether oxygens (including phenoxy) is 4. The molecule has 27 heavy (non-hydrogen) atoms. The molecule has 0 saturated carbocycles. The summed E-state index contributed by atoms with van der Waals surface area (Å²) >= 11 is 0. The first-order valence-corrected chi connectivity index (χ1v) is 8.96. The lowest BCUT2D eigenvalue weighted by molar-refractivity contribution is -0.142. The van der Waals surface area contributed by atoms with Crippen LogP contribution in [0.15, 0.2) is 23.2 Å². The lowest BCUT2D eigenvalue weighted by Crippen LogP contribution is -2.34. The highest BCUT2D eigenvalue weighted by molar-refractivity contribution is 6.01.